The molecule has 1 aromatic rings. The first-order chi connectivity index (χ1) is 13.1. The van der Waals surface area contributed by atoms with Crippen molar-refractivity contribution in [1.29, 1.82) is 0 Å². The highest BCUT2D eigenvalue weighted by Gasteiger charge is 2.34. The predicted molar refractivity (Wildman–Crippen MR) is 101 cm³/mol. The zero-order chi connectivity index (χ0) is 19.2. The van der Waals surface area contributed by atoms with Gasteiger partial charge in [0.05, 0.1) is 7.11 Å². The van der Waals surface area contributed by atoms with E-state index in [4.69, 9.17) is 4.74 Å². The molecule has 2 fully saturated rings. The second kappa shape index (κ2) is 9.21. The number of guanidine groups is 1. The van der Waals surface area contributed by atoms with Crippen molar-refractivity contribution in [2.45, 2.75) is 38.5 Å². The highest BCUT2D eigenvalue weighted by molar-refractivity contribution is 5.79. The lowest BCUT2D eigenvalue weighted by molar-refractivity contribution is -0.0504. The molecule has 1 saturated carbocycles. The molecule has 0 amide bonds. The average Bonchev–Trinajstić information content (AvgIpc) is 3.41. The molecule has 3 rings (SSSR count). The lowest BCUT2D eigenvalue weighted by Crippen LogP contribution is -2.40. The summed E-state index contributed by atoms with van der Waals surface area (Å²) in [6.07, 6.45) is 3.88. The van der Waals surface area contributed by atoms with Gasteiger partial charge in [-0.25, -0.2) is 0 Å². The predicted octanol–water partition coefficient (Wildman–Crippen LogP) is 2.45. The zero-order valence-electron chi connectivity index (χ0n) is 15.9. The van der Waals surface area contributed by atoms with E-state index in [9.17, 15) is 8.78 Å². The Bertz CT molecular complexity index is 653. The lowest BCUT2D eigenvalue weighted by atomic mass is 10.1. The van der Waals surface area contributed by atoms with Gasteiger partial charge in [-0.05, 0) is 49.9 Å². The summed E-state index contributed by atoms with van der Waals surface area (Å²) >= 11 is 0. The van der Waals surface area contributed by atoms with Crippen molar-refractivity contribution in [3.05, 3.63) is 23.8 Å². The van der Waals surface area contributed by atoms with E-state index >= 15 is 0 Å². The molecular weight excluding hydrogens is 354 g/mol. The number of rotatable bonds is 8. The summed E-state index contributed by atoms with van der Waals surface area (Å²) in [7, 11) is 3.23. The molecule has 1 unspecified atom stereocenters. The zero-order valence-corrected chi connectivity index (χ0v) is 15.9. The third-order valence-electron chi connectivity index (χ3n) is 5.09. The molecule has 1 aliphatic heterocycles. The van der Waals surface area contributed by atoms with E-state index in [-0.39, 0.29) is 5.75 Å². The van der Waals surface area contributed by atoms with Crippen molar-refractivity contribution in [2.24, 2.45) is 10.9 Å². The van der Waals surface area contributed by atoms with Crippen molar-refractivity contribution >= 4 is 5.96 Å². The molecule has 27 heavy (non-hydrogen) atoms. The molecule has 2 N–H and O–H groups in total. The van der Waals surface area contributed by atoms with Gasteiger partial charge in [-0.15, -0.1) is 0 Å². The van der Waals surface area contributed by atoms with Crippen molar-refractivity contribution in [3.8, 4) is 11.5 Å². The van der Waals surface area contributed by atoms with Crippen molar-refractivity contribution in [3.63, 3.8) is 0 Å². The number of likely N-dealkylation sites (tertiary alicyclic amines) is 1. The van der Waals surface area contributed by atoms with Crippen LogP contribution in [0.2, 0.25) is 0 Å². The minimum absolute atomic E-state index is 0.129. The molecule has 1 atom stereocenters. The molecule has 1 aliphatic carbocycles. The van der Waals surface area contributed by atoms with Crippen LogP contribution in [0.1, 0.15) is 24.8 Å². The molecule has 150 valence electrons. The van der Waals surface area contributed by atoms with E-state index in [1.165, 1.54) is 39.0 Å². The Kier molecular flexibility index (Phi) is 6.71. The summed E-state index contributed by atoms with van der Waals surface area (Å²) < 4.78 is 35.0. The molecule has 6 nitrogen and oxygen atoms in total. The minimum atomic E-state index is -2.87. The number of benzene rings is 1. The van der Waals surface area contributed by atoms with Crippen LogP contribution in [0.5, 0.6) is 11.5 Å². The Balaban J connectivity index is 1.51. The van der Waals surface area contributed by atoms with Crippen LogP contribution >= 0.6 is 0 Å². The molecule has 2 aliphatic rings. The van der Waals surface area contributed by atoms with Crippen molar-refractivity contribution in [1.82, 2.24) is 15.5 Å². The molecule has 0 radical (unpaired) electrons. The van der Waals surface area contributed by atoms with Crippen LogP contribution in [0.15, 0.2) is 23.2 Å². The van der Waals surface area contributed by atoms with Gasteiger partial charge >= 0.3 is 6.61 Å². The largest absolute Gasteiger partial charge is 0.497 e. The van der Waals surface area contributed by atoms with Crippen LogP contribution < -0.4 is 20.1 Å². The van der Waals surface area contributed by atoms with E-state index in [1.54, 1.807) is 19.2 Å². The Labute approximate surface area is 158 Å². The second-order valence-corrected chi connectivity index (χ2v) is 7.04. The fraction of sp³-hybridized carbons (Fsp3) is 0.632. The fourth-order valence-corrected chi connectivity index (χ4v) is 3.47. The number of hydrogen-bond donors (Lipinski definition) is 2. The lowest BCUT2D eigenvalue weighted by Gasteiger charge is -2.18. The summed E-state index contributed by atoms with van der Waals surface area (Å²) in [5.74, 6) is 1.97. The maximum Gasteiger partial charge on any atom is 0.387 e. The Morgan fingerprint density at radius 3 is 2.78 bits per heavy atom. The number of methoxy groups -OCH3 is 1. The van der Waals surface area contributed by atoms with E-state index in [2.05, 4.69) is 25.3 Å². The summed E-state index contributed by atoms with van der Waals surface area (Å²) in [6, 6.07) is 5.58. The summed E-state index contributed by atoms with van der Waals surface area (Å²) in [6.45, 7) is 0.600. The molecule has 1 heterocycles. The standard InChI is InChI=1S/C19H28F2N4O2/c1-22-19(23-10-13-7-8-25(12-13)15-3-4-15)24-11-14-9-16(26-2)5-6-17(14)27-18(20)21/h5-6,9,13,15,18H,3-4,7-8,10-12H2,1-2H3,(H2,22,23,24). The number of nitrogens with one attached hydrogen (secondary N) is 2. The van der Waals surface area contributed by atoms with Gasteiger partial charge in [0.25, 0.3) is 0 Å². The van der Waals surface area contributed by atoms with Gasteiger partial charge in [0, 0.05) is 38.3 Å². The smallest absolute Gasteiger partial charge is 0.387 e. The van der Waals surface area contributed by atoms with Gasteiger partial charge in [-0.3, -0.25) is 4.99 Å². The monoisotopic (exact) mass is 382 g/mol. The van der Waals surface area contributed by atoms with Crippen molar-refractivity contribution < 1.29 is 18.3 Å². The summed E-state index contributed by atoms with van der Waals surface area (Å²) in [5, 5.41) is 6.51. The number of halogens is 2. The number of aliphatic imine (C=N–C) groups is 1. The molecule has 0 aromatic heterocycles. The van der Waals surface area contributed by atoms with Gasteiger partial charge in [-0.2, -0.15) is 8.78 Å². The maximum absolute atomic E-state index is 12.6. The number of nitrogens with zero attached hydrogens (tertiary/aromatic N) is 2. The van der Waals surface area contributed by atoms with Crippen LogP contribution in [-0.4, -0.2) is 57.3 Å². The van der Waals surface area contributed by atoms with Gasteiger partial charge < -0.3 is 25.0 Å². The fourth-order valence-electron chi connectivity index (χ4n) is 3.47. The second-order valence-electron chi connectivity index (χ2n) is 7.04. The van der Waals surface area contributed by atoms with E-state index in [0.717, 1.165) is 19.1 Å². The van der Waals surface area contributed by atoms with E-state index in [0.29, 0.717) is 29.7 Å². The minimum Gasteiger partial charge on any atom is -0.497 e. The quantitative estimate of drug-likeness (QED) is 0.534. The summed E-state index contributed by atoms with van der Waals surface area (Å²) in [4.78, 5) is 6.80. The molecule has 0 spiro atoms. The van der Waals surface area contributed by atoms with Gasteiger partial charge in [0.1, 0.15) is 11.5 Å². The molecule has 0 bridgehead atoms. The maximum atomic E-state index is 12.6. The van der Waals surface area contributed by atoms with E-state index < -0.39 is 6.61 Å². The van der Waals surface area contributed by atoms with Crippen molar-refractivity contribution in [2.75, 3.05) is 33.8 Å². The van der Waals surface area contributed by atoms with Crippen LogP contribution in [0.4, 0.5) is 8.78 Å². The Morgan fingerprint density at radius 1 is 1.30 bits per heavy atom. The average molecular weight is 382 g/mol. The first-order valence-electron chi connectivity index (χ1n) is 9.39. The number of hydrogen-bond acceptors (Lipinski definition) is 4. The molecule has 8 heteroatoms. The third-order valence-corrected chi connectivity index (χ3v) is 5.09. The SMILES string of the molecule is CN=C(NCc1cc(OC)ccc1OC(F)F)NCC1CCN(C2CC2)C1. The highest BCUT2D eigenvalue weighted by Crippen LogP contribution is 2.31. The van der Waals surface area contributed by atoms with Gasteiger partial charge in [-0.1, -0.05) is 0 Å². The van der Waals surface area contributed by atoms with Gasteiger partial charge in [0.15, 0.2) is 5.96 Å². The Morgan fingerprint density at radius 2 is 2.11 bits per heavy atom. The first-order valence-corrected chi connectivity index (χ1v) is 9.39. The number of ether oxygens (including phenoxy) is 2. The Hall–Kier alpha value is -2.09. The van der Waals surface area contributed by atoms with Crippen LogP contribution in [-0.2, 0) is 6.54 Å². The topological polar surface area (TPSA) is 58.1 Å². The van der Waals surface area contributed by atoms with Crippen LogP contribution in [0.3, 0.4) is 0 Å². The van der Waals surface area contributed by atoms with E-state index in [1.807, 2.05) is 0 Å². The third kappa shape index (κ3) is 5.69. The highest BCUT2D eigenvalue weighted by atomic mass is 19.3. The molecule has 1 saturated heterocycles. The summed E-state index contributed by atoms with van der Waals surface area (Å²) in [5.41, 5.74) is 0.582. The van der Waals surface area contributed by atoms with Crippen LogP contribution in [0.25, 0.3) is 0 Å². The van der Waals surface area contributed by atoms with Crippen LogP contribution in [0, 0.1) is 5.92 Å². The normalized spacial score (nSPS) is 20.8. The number of alkyl halides is 2. The first kappa shape index (κ1) is 19.7. The molecular formula is C19H28F2N4O2. The molecule has 1 aromatic carbocycles. The van der Waals surface area contributed by atoms with Gasteiger partial charge in [0.2, 0.25) is 0 Å².